The summed E-state index contributed by atoms with van der Waals surface area (Å²) in [5, 5.41) is 15.5. The number of hydrogen-bond acceptors (Lipinski definition) is 2. The molecular weight excluding hydrogens is 252 g/mol. The summed E-state index contributed by atoms with van der Waals surface area (Å²) in [5.74, 6) is 0.610. The number of aliphatic hydroxyl groups is 1. The molecular formula is C16H32N2O2. The summed E-state index contributed by atoms with van der Waals surface area (Å²) in [6.45, 7) is 5.20. The topological polar surface area (TPSA) is 61.4 Å². The van der Waals surface area contributed by atoms with E-state index in [2.05, 4.69) is 24.5 Å². The zero-order valence-corrected chi connectivity index (χ0v) is 13.2. The average Bonchev–Trinajstić information content (AvgIpc) is 2.44. The highest BCUT2D eigenvalue weighted by molar-refractivity contribution is 5.74. The van der Waals surface area contributed by atoms with E-state index in [0.29, 0.717) is 5.92 Å². The molecule has 0 saturated heterocycles. The lowest BCUT2D eigenvalue weighted by Crippen LogP contribution is -2.45. The molecule has 0 aromatic carbocycles. The maximum atomic E-state index is 11.9. The van der Waals surface area contributed by atoms with Crippen LogP contribution in [0.25, 0.3) is 0 Å². The summed E-state index contributed by atoms with van der Waals surface area (Å²) in [5.41, 5.74) is 0. The van der Waals surface area contributed by atoms with E-state index in [-0.39, 0.29) is 18.2 Å². The molecule has 1 saturated carbocycles. The number of rotatable bonds is 8. The minimum absolute atomic E-state index is 0.0380. The van der Waals surface area contributed by atoms with Crippen LogP contribution >= 0.6 is 0 Å². The zero-order valence-electron chi connectivity index (χ0n) is 13.2. The molecule has 0 bridgehead atoms. The number of carbonyl (C=O) groups excluding carboxylic acids is 1. The number of hydrogen-bond donors (Lipinski definition) is 3. The first-order valence-electron chi connectivity index (χ1n) is 8.38. The Balaban J connectivity index is 2.19. The molecule has 4 nitrogen and oxygen atoms in total. The molecule has 20 heavy (non-hydrogen) atoms. The zero-order chi connectivity index (χ0) is 14.8. The Labute approximate surface area is 123 Å². The average molecular weight is 284 g/mol. The van der Waals surface area contributed by atoms with Gasteiger partial charge in [0.15, 0.2) is 0 Å². The van der Waals surface area contributed by atoms with Crippen molar-refractivity contribution in [3.63, 3.8) is 0 Å². The summed E-state index contributed by atoms with van der Waals surface area (Å²) in [6.07, 6.45) is 9.27. The van der Waals surface area contributed by atoms with Gasteiger partial charge in [0.25, 0.3) is 0 Å². The molecule has 1 aliphatic carbocycles. The van der Waals surface area contributed by atoms with Gasteiger partial charge in [0, 0.05) is 12.6 Å². The summed E-state index contributed by atoms with van der Waals surface area (Å²) in [7, 11) is 0. The molecule has 0 aliphatic heterocycles. The van der Waals surface area contributed by atoms with Crippen molar-refractivity contribution in [1.29, 1.82) is 0 Å². The lowest BCUT2D eigenvalue weighted by molar-refractivity contribution is 0.117. The number of carbonyl (C=O) groups is 1. The predicted molar refractivity (Wildman–Crippen MR) is 82.7 cm³/mol. The van der Waals surface area contributed by atoms with Crippen LogP contribution in [0.1, 0.15) is 71.6 Å². The fraction of sp³-hybridized carbons (Fsp3) is 0.938. The minimum Gasteiger partial charge on any atom is -0.393 e. The fourth-order valence-corrected chi connectivity index (χ4v) is 2.94. The summed E-state index contributed by atoms with van der Waals surface area (Å²) in [6, 6.07) is 0.197. The molecule has 4 heteroatoms. The van der Waals surface area contributed by atoms with Gasteiger partial charge in [-0.3, -0.25) is 0 Å². The van der Waals surface area contributed by atoms with Gasteiger partial charge in [-0.2, -0.15) is 0 Å². The van der Waals surface area contributed by atoms with Gasteiger partial charge in [0.05, 0.1) is 6.10 Å². The van der Waals surface area contributed by atoms with Crippen molar-refractivity contribution >= 4 is 6.03 Å². The normalized spacial score (nSPS) is 24.1. The number of aliphatic hydroxyl groups excluding tert-OH is 1. The minimum atomic E-state index is -0.168. The van der Waals surface area contributed by atoms with Crippen LogP contribution in [0.15, 0.2) is 0 Å². The molecule has 0 spiro atoms. The first-order valence-corrected chi connectivity index (χ1v) is 8.38. The maximum Gasteiger partial charge on any atom is 0.315 e. The van der Waals surface area contributed by atoms with Crippen LogP contribution in [0, 0.1) is 5.92 Å². The Kier molecular flexibility index (Phi) is 8.67. The molecule has 2 amide bonds. The summed E-state index contributed by atoms with van der Waals surface area (Å²) >= 11 is 0. The van der Waals surface area contributed by atoms with Crippen LogP contribution < -0.4 is 10.6 Å². The highest BCUT2D eigenvalue weighted by Crippen LogP contribution is 2.18. The van der Waals surface area contributed by atoms with Crippen molar-refractivity contribution in [2.24, 2.45) is 5.92 Å². The molecule has 1 rings (SSSR count). The van der Waals surface area contributed by atoms with Crippen molar-refractivity contribution in [3.05, 3.63) is 0 Å². The standard InChI is InChI=1S/C16H32N2O2/c1-3-5-7-13(6-4-2)12-17-16(20)18-14-8-10-15(19)11-9-14/h13-15,19H,3-12H2,1-2H3,(H2,17,18,20). The van der Waals surface area contributed by atoms with Crippen molar-refractivity contribution in [3.8, 4) is 0 Å². The quantitative estimate of drug-likeness (QED) is 0.641. The van der Waals surface area contributed by atoms with E-state index < -0.39 is 0 Å². The second-order valence-electron chi connectivity index (χ2n) is 6.16. The van der Waals surface area contributed by atoms with Gasteiger partial charge in [-0.1, -0.05) is 33.1 Å². The Morgan fingerprint density at radius 1 is 1.15 bits per heavy atom. The Bertz CT molecular complexity index is 263. The second kappa shape index (κ2) is 10.0. The van der Waals surface area contributed by atoms with E-state index in [4.69, 9.17) is 0 Å². The highest BCUT2D eigenvalue weighted by Gasteiger charge is 2.20. The maximum absolute atomic E-state index is 11.9. The van der Waals surface area contributed by atoms with Gasteiger partial charge in [-0.15, -0.1) is 0 Å². The smallest absolute Gasteiger partial charge is 0.315 e. The molecule has 0 radical (unpaired) electrons. The third-order valence-electron chi connectivity index (χ3n) is 4.25. The van der Waals surface area contributed by atoms with E-state index in [9.17, 15) is 9.90 Å². The SMILES string of the molecule is CCCCC(CCC)CNC(=O)NC1CCC(O)CC1. The molecule has 1 fully saturated rings. The van der Waals surface area contributed by atoms with Crippen LogP contribution in [-0.2, 0) is 0 Å². The monoisotopic (exact) mass is 284 g/mol. The first kappa shape index (κ1) is 17.3. The van der Waals surface area contributed by atoms with Crippen LogP contribution in [0.5, 0.6) is 0 Å². The summed E-state index contributed by atoms with van der Waals surface area (Å²) < 4.78 is 0. The van der Waals surface area contributed by atoms with Crippen molar-refractivity contribution in [2.45, 2.75) is 83.8 Å². The van der Waals surface area contributed by atoms with Crippen molar-refractivity contribution in [2.75, 3.05) is 6.54 Å². The number of unbranched alkanes of at least 4 members (excludes halogenated alkanes) is 1. The van der Waals surface area contributed by atoms with E-state index in [1.165, 1.54) is 32.1 Å². The second-order valence-corrected chi connectivity index (χ2v) is 6.16. The van der Waals surface area contributed by atoms with Gasteiger partial charge in [-0.05, 0) is 44.4 Å². The van der Waals surface area contributed by atoms with Crippen LogP contribution in [-0.4, -0.2) is 29.8 Å². The van der Waals surface area contributed by atoms with Gasteiger partial charge in [-0.25, -0.2) is 4.79 Å². The third kappa shape index (κ3) is 7.13. The van der Waals surface area contributed by atoms with Gasteiger partial charge in [0.2, 0.25) is 0 Å². The number of urea groups is 1. The molecule has 0 aromatic heterocycles. The van der Waals surface area contributed by atoms with Gasteiger partial charge < -0.3 is 15.7 Å². The first-order chi connectivity index (χ1) is 9.65. The van der Waals surface area contributed by atoms with E-state index >= 15 is 0 Å². The molecule has 1 atom stereocenters. The van der Waals surface area contributed by atoms with Crippen LogP contribution in [0.4, 0.5) is 4.79 Å². The molecule has 1 unspecified atom stereocenters. The lowest BCUT2D eigenvalue weighted by atomic mass is 9.93. The van der Waals surface area contributed by atoms with Crippen molar-refractivity contribution in [1.82, 2.24) is 10.6 Å². The van der Waals surface area contributed by atoms with Gasteiger partial charge >= 0.3 is 6.03 Å². The van der Waals surface area contributed by atoms with Crippen LogP contribution in [0.3, 0.4) is 0 Å². The van der Waals surface area contributed by atoms with Gasteiger partial charge in [0.1, 0.15) is 0 Å². The van der Waals surface area contributed by atoms with E-state index in [1.54, 1.807) is 0 Å². The molecule has 0 aromatic rings. The predicted octanol–water partition coefficient (Wildman–Crippen LogP) is 3.20. The molecule has 1 aliphatic rings. The van der Waals surface area contributed by atoms with E-state index in [1.807, 2.05) is 0 Å². The summed E-state index contributed by atoms with van der Waals surface area (Å²) in [4.78, 5) is 11.9. The Morgan fingerprint density at radius 2 is 1.85 bits per heavy atom. The number of amides is 2. The highest BCUT2D eigenvalue weighted by atomic mass is 16.3. The third-order valence-corrected chi connectivity index (χ3v) is 4.25. The van der Waals surface area contributed by atoms with Crippen molar-refractivity contribution < 1.29 is 9.90 Å². The molecule has 118 valence electrons. The van der Waals surface area contributed by atoms with Crippen LogP contribution in [0.2, 0.25) is 0 Å². The molecule has 3 N–H and O–H groups in total. The fourth-order valence-electron chi connectivity index (χ4n) is 2.94. The Hall–Kier alpha value is -0.770. The Morgan fingerprint density at radius 3 is 2.45 bits per heavy atom. The lowest BCUT2D eigenvalue weighted by Gasteiger charge is -2.26. The van der Waals surface area contributed by atoms with E-state index in [0.717, 1.165) is 32.2 Å². The largest absolute Gasteiger partial charge is 0.393 e. The molecule has 0 heterocycles. The number of nitrogens with one attached hydrogen (secondary N) is 2.